The zero-order valence-electron chi connectivity index (χ0n) is 18.9. The van der Waals surface area contributed by atoms with Crippen molar-refractivity contribution in [1.29, 1.82) is 0 Å². The molecule has 0 radical (unpaired) electrons. The summed E-state index contributed by atoms with van der Waals surface area (Å²) in [6, 6.07) is 17.0. The van der Waals surface area contributed by atoms with E-state index in [4.69, 9.17) is 16.6 Å². The van der Waals surface area contributed by atoms with E-state index in [-0.39, 0.29) is 5.92 Å². The van der Waals surface area contributed by atoms with Crippen LogP contribution in [0.15, 0.2) is 67.4 Å². The molecule has 0 saturated carbocycles. The molecule has 3 aromatic heterocycles. The number of halogens is 1. The fourth-order valence-electron chi connectivity index (χ4n) is 5.24. The average molecular weight is 469 g/mol. The highest BCUT2D eigenvalue weighted by molar-refractivity contribution is 6.36. The molecule has 34 heavy (non-hydrogen) atoms. The van der Waals surface area contributed by atoms with Crippen LogP contribution in [0.3, 0.4) is 0 Å². The highest BCUT2D eigenvalue weighted by Crippen LogP contribution is 2.42. The molecule has 170 valence electrons. The van der Waals surface area contributed by atoms with Gasteiger partial charge < -0.3 is 9.88 Å². The lowest BCUT2D eigenvalue weighted by atomic mass is 9.92. The van der Waals surface area contributed by atoms with Crippen molar-refractivity contribution in [1.82, 2.24) is 24.9 Å². The van der Waals surface area contributed by atoms with Gasteiger partial charge in [0.1, 0.15) is 11.8 Å². The normalized spacial score (nSPS) is 17.0. The van der Waals surface area contributed by atoms with Crippen LogP contribution in [0.4, 0.5) is 5.69 Å². The number of aromatic amines is 1. The molecule has 0 spiro atoms. The van der Waals surface area contributed by atoms with Gasteiger partial charge >= 0.3 is 0 Å². The monoisotopic (exact) mass is 468 g/mol. The van der Waals surface area contributed by atoms with Crippen molar-refractivity contribution in [3.63, 3.8) is 0 Å². The minimum atomic E-state index is 0.177. The third-order valence-electron chi connectivity index (χ3n) is 6.95. The van der Waals surface area contributed by atoms with E-state index in [1.807, 2.05) is 12.3 Å². The largest absolute Gasteiger partial charge is 0.369 e. The number of aromatic nitrogens is 5. The molecule has 2 unspecified atom stereocenters. The number of nitrogens with one attached hydrogen (secondary N) is 1. The van der Waals surface area contributed by atoms with Gasteiger partial charge in [-0.05, 0) is 48.1 Å². The number of nitrogens with zero attached hydrogens (tertiary/aromatic N) is 5. The van der Waals surface area contributed by atoms with Crippen LogP contribution in [-0.4, -0.2) is 38.0 Å². The van der Waals surface area contributed by atoms with Gasteiger partial charge in [0.2, 0.25) is 0 Å². The third-order valence-corrected chi connectivity index (χ3v) is 7.27. The first-order valence-electron chi connectivity index (χ1n) is 11.7. The quantitative estimate of drug-likeness (QED) is 0.348. The average Bonchev–Trinajstić information content (AvgIpc) is 3.55. The summed E-state index contributed by atoms with van der Waals surface area (Å²) in [6.45, 7) is 4.19. The van der Waals surface area contributed by atoms with E-state index in [1.54, 1.807) is 12.7 Å². The number of hydrogen-bond acceptors (Lipinski definition) is 5. The van der Waals surface area contributed by atoms with Crippen LogP contribution in [-0.2, 0) is 6.42 Å². The fraction of sp³-hybridized carbons (Fsp3) is 0.259. The van der Waals surface area contributed by atoms with E-state index in [9.17, 15) is 0 Å². The van der Waals surface area contributed by atoms with Crippen LogP contribution < -0.4 is 4.90 Å². The topological polar surface area (TPSA) is 70.6 Å². The van der Waals surface area contributed by atoms with Gasteiger partial charge in [0, 0.05) is 30.6 Å². The highest BCUT2D eigenvalue weighted by Gasteiger charge is 2.29. The summed E-state index contributed by atoms with van der Waals surface area (Å²) >= 11 is 6.79. The van der Waals surface area contributed by atoms with Gasteiger partial charge in [0.05, 0.1) is 28.2 Å². The first-order chi connectivity index (χ1) is 16.7. The number of fused-ring (bicyclic) bond motifs is 2. The van der Waals surface area contributed by atoms with Crippen molar-refractivity contribution >= 4 is 39.4 Å². The molecule has 1 N–H and O–H groups in total. The van der Waals surface area contributed by atoms with Gasteiger partial charge in [-0.2, -0.15) is 0 Å². The van der Waals surface area contributed by atoms with E-state index >= 15 is 0 Å². The first-order valence-corrected chi connectivity index (χ1v) is 12.1. The number of hydrogen-bond donors (Lipinski definition) is 1. The van der Waals surface area contributed by atoms with Crippen molar-refractivity contribution in [3.8, 4) is 0 Å². The standard InChI is InChI=1S/C27H25ClN6/c1-17(12-23-25-27(32-15-30-23)33-16-31-25)21-13-22(28)20-8-5-10-29-24(20)26(21)34-11-9-19(14-34)18-6-3-2-4-7-18/h2-8,10,13,15-17,19H,9,11-12,14H2,1H3,(H,30,31,32,33). The van der Waals surface area contributed by atoms with Gasteiger partial charge in [-0.25, -0.2) is 15.0 Å². The molecular weight excluding hydrogens is 444 g/mol. The lowest BCUT2D eigenvalue weighted by molar-refractivity contribution is 0.737. The minimum absolute atomic E-state index is 0.177. The Balaban J connectivity index is 1.42. The van der Waals surface area contributed by atoms with E-state index in [0.717, 1.165) is 53.1 Å². The molecule has 2 aromatic carbocycles. The number of anilines is 1. The summed E-state index contributed by atoms with van der Waals surface area (Å²) in [5.74, 6) is 0.682. The van der Waals surface area contributed by atoms with Gasteiger partial charge in [0.25, 0.3) is 0 Å². The molecule has 1 fully saturated rings. The summed E-state index contributed by atoms with van der Waals surface area (Å²) in [5, 5.41) is 1.73. The van der Waals surface area contributed by atoms with Crippen LogP contribution in [0.25, 0.3) is 22.1 Å². The first kappa shape index (κ1) is 21.1. The number of imidazole rings is 1. The van der Waals surface area contributed by atoms with Crippen molar-refractivity contribution in [3.05, 3.63) is 89.2 Å². The van der Waals surface area contributed by atoms with Crippen LogP contribution in [0, 0.1) is 0 Å². The molecule has 4 heterocycles. The Kier molecular flexibility index (Phi) is 5.38. The second kappa shape index (κ2) is 8.69. The number of pyridine rings is 1. The third kappa shape index (κ3) is 3.68. The number of H-pyrrole nitrogens is 1. The molecule has 5 aromatic rings. The Morgan fingerprint density at radius 3 is 2.85 bits per heavy atom. The van der Waals surface area contributed by atoms with E-state index in [1.165, 1.54) is 16.8 Å². The second-order valence-electron chi connectivity index (χ2n) is 9.06. The fourth-order valence-corrected chi connectivity index (χ4v) is 5.51. The minimum Gasteiger partial charge on any atom is -0.369 e. The molecule has 6 nitrogen and oxygen atoms in total. The van der Waals surface area contributed by atoms with Crippen LogP contribution in [0.1, 0.15) is 42.0 Å². The summed E-state index contributed by atoms with van der Waals surface area (Å²) in [6.07, 6.45) is 6.99. The van der Waals surface area contributed by atoms with Crippen molar-refractivity contribution < 1.29 is 0 Å². The predicted octanol–water partition coefficient (Wildman–Crippen LogP) is 5.89. The Hall–Kier alpha value is -3.51. The Bertz CT molecular complexity index is 1460. The number of rotatable bonds is 5. The molecule has 1 saturated heterocycles. The summed E-state index contributed by atoms with van der Waals surface area (Å²) in [4.78, 5) is 23.6. The molecule has 7 heteroatoms. The summed E-state index contributed by atoms with van der Waals surface area (Å²) in [5.41, 5.74) is 7.32. The zero-order chi connectivity index (χ0) is 23.1. The Morgan fingerprint density at radius 1 is 1.09 bits per heavy atom. The smallest absolute Gasteiger partial charge is 0.180 e. The zero-order valence-corrected chi connectivity index (χ0v) is 19.7. The Labute approximate surface area is 203 Å². The lowest BCUT2D eigenvalue weighted by Gasteiger charge is -2.27. The van der Waals surface area contributed by atoms with Crippen LogP contribution in [0.5, 0.6) is 0 Å². The maximum absolute atomic E-state index is 6.79. The molecule has 0 amide bonds. The molecule has 1 aliphatic heterocycles. The van der Waals surface area contributed by atoms with Crippen molar-refractivity contribution in [2.45, 2.75) is 31.6 Å². The van der Waals surface area contributed by atoms with E-state index < -0.39 is 0 Å². The highest BCUT2D eigenvalue weighted by atomic mass is 35.5. The van der Waals surface area contributed by atoms with Crippen molar-refractivity contribution in [2.24, 2.45) is 0 Å². The van der Waals surface area contributed by atoms with Gasteiger partial charge in [-0.15, -0.1) is 0 Å². The SMILES string of the molecule is CC(Cc1ncnc2nc[nH]c12)c1cc(Cl)c2cccnc2c1N1CCC(c2ccccc2)C1. The summed E-state index contributed by atoms with van der Waals surface area (Å²) < 4.78 is 0. The molecule has 2 atom stereocenters. The molecule has 1 aliphatic rings. The van der Waals surface area contributed by atoms with Crippen LogP contribution >= 0.6 is 11.6 Å². The van der Waals surface area contributed by atoms with E-state index in [2.05, 4.69) is 74.2 Å². The molecule has 0 bridgehead atoms. The predicted molar refractivity (Wildman–Crippen MR) is 137 cm³/mol. The molecular formula is C27H25ClN6. The van der Waals surface area contributed by atoms with Crippen LogP contribution in [0.2, 0.25) is 5.02 Å². The molecule has 6 rings (SSSR count). The van der Waals surface area contributed by atoms with E-state index in [0.29, 0.717) is 11.6 Å². The maximum Gasteiger partial charge on any atom is 0.180 e. The van der Waals surface area contributed by atoms with Gasteiger partial charge in [-0.3, -0.25) is 4.98 Å². The van der Waals surface area contributed by atoms with Crippen molar-refractivity contribution in [2.75, 3.05) is 18.0 Å². The second-order valence-corrected chi connectivity index (χ2v) is 9.47. The molecule has 0 aliphatic carbocycles. The van der Waals surface area contributed by atoms with Gasteiger partial charge in [-0.1, -0.05) is 48.9 Å². The summed E-state index contributed by atoms with van der Waals surface area (Å²) in [7, 11) is 0. The maximum atomic E-state index is 6.79. The lowest BCUT2D eigenvalue weighted by Crippen LogP contribution is -2.22. The number of benzene rings is 2. The Morgan fingerprint density at radius 2 is 1.97 bits per heavy atom. The van der Waals surface area contributed by atoms with Gasteiger partial charge in [0.15, 0.2) is 5.65 Å².